The smallest absolute Gasteiger partial charge is 0.497 e. The lowest BCUT2D eigenvalue weighted by molar-refractivity contribution is -0.274. The number of carbonyl (C=O) groups excluding carboxylic acids is 1. The van der Waals surface area contributed by atoms with Crippen LogP contribution in [-0.2, 0) is 0 Å². The van der Waals surface area contributed by atoms with Crippen molar-refractivity contribution in [3.05, 3.63) is 23.8 Å². The van der Waals surface area contributed by atoms with Crippen LogP contribution in [-0.4, -0.2) is 19.3 Å². The van der Waals surface area contributed by atoms with Crippen LogP contribution in [0.3, 0.4) is 0 Å². The highest BCUT2D eigenvalue weighted by Gasteiger charge is 2.31. The minimum Gasteiger partial charge on any atom is -0.497 e. The molecule has 0 unspecified atom stereocenters. The third-order valence-corrected chi connectivity index (χ3v) is 1.99. The Kier molecular flexibility index (Phi) is 3.98. The second kappa shape index (κ2) is 5.07. The summed E-state index contributed by atoms with van der Waals surface area (Å²) in [5, 5.41) is 0. The number of Topliss-reactive ketones (excluding diaryl/α,β-unsaturated/α-hetero) is 1. The average molecular weight is 248 g/mol. The minimum atomic E-state index is -4.79. The number of ketones is 1. The predicted molar refractivity (Wildman–Crippen MR) is 54.3 cm³/mol. The Morgan fingerprint density at radius 3 is 2.29 bits per heavy atom. The van der Waals surface area contributed by atoms with Crippen molar-refractivity contribution in [1.82, 2.24) is 0 Å². The number of carbonyl (C=O) groups is 1. The van der Waals surface area contributed by atoms with Crippen LogP contribution in [0.2, 0.25) is 0 Å². The van der Waals surface area contributed by atoms with Crippen molar-refractivity contribution in [2.75, 3.05) is 7.11 Å². The van der Waals surface area contributed by atoms with Gasteiger partial charge in [0.15, 0.2) is 5.78 Å². The second-order valence-corrected chi connectivity index (χ2v) is 3.22. The van der Waals surface area contributed by atoms with E-state index >= 15 is 0 Å². The lowest BCUT2D eigenvalue weighted by Gasteiger charge is -2.11. The van der Waals surface area contributed by atoms with Gasteiger partial charge < -0.3 is 9.47 Å². The van der Waals surface area contributed by atoms with Gasteiger partial charge in [-0.05, 0) is 12.1 Å². The molecule has 0 fully saturated rings. The van der Waals surface area contributed by atoms with E-state index in [1.807, 2.05) is 0 Å². The Labute approximate surface area is 96.1 Å². The number of rotatable bonds is 4. The summed E-state index contributed by atoms with van der Waals surface area (Å²) in [5.74, 6) is -0.604. The van der Waals surface area contributed by atoms with E-state index < -0.39 is 12.1 Å². The van der Waals surface area contributed by atoms with Gasteiger partial charge in [-0.1, -0.05) is 6.92 Å². The maximum absolute atomic E-state index is 12.0. The molecular formula is C11H11F3O3. The highest BCUT2D eigenvalue weighted by Crippen LogP contribution is 2.28. The second-order valence-electron chi connectivity index (χ2n) is 3.22. The number of ether oxygens (including phenoxy) is 2. The number of methoxy groups -OCH3 is 1. The van der Waals surface area contributed by atoms with E-state index in [1.165, 1.54) is 13.2 Å². The normalized spacial score (nSPS) is 11.1. The molecule has 0 bridgehead atoms. The molecule has 0 aliphatic rings. The highest BCUT2D eigenvalue weighted by atomic mass is 19.4. The quantitative estimate of drug-likeness (QED) is 0.767. The van der Waals surface area contributed by atoms with E-state index in [9.17, 15) is 18.0 Å². The van der Waals surface area contributed by atoms with E-state index in [2.05, 4.69) is 4.74 Å². The van der Waals surface area contributed by atoms with Gasteiger partial charge in [0.1, 0.15) is 11.5 Å². The van der Waals surface area contributed by atoms with Gasteiger partial charge in [-0.25, -0.2) is 0 Å². The molecule has 1 aromatic rings. The molecule has 0 atom stereocenters. The van der Waals surface area contributed by atoms with Crippen LogP contribution in [0.5, 0.6) is 11.5 Å². The first-order chi connectivity index (χ1) is 7.85. The summed E-state index contributed by atoms with van der Waals surface area (Å²) in [7, 11) is 1.30. The molecule has 1 rings (SSSR count). The van der Waals surface area contributed by atoms with Crippen LogP contribution >= 0.6 is 0 Å². The van der Waals surface area contributed by atoms with Gasteiger partial charge in [0, 0.05) is 18.1 Å². The van der Waals surface area contributed by atoms with Gasteiger partial charge in [0.05, 0.1) is 7.11 Å². The zero-order valence-electron chi connectivity index (χ0n) is 9.30. The van der Waals surface area contributed by atoms with Gasteiger partial charge in [0.2, 0.25) is 0 Å². The van der Waals surface area contributed by atoms with Gasteiger partial charge in [0.25, 0.3) is 0 Å². The lowest BCUT2D eigenvalue weighted by Crippen LogP contribution is -2.17. The number of halogens is 3. The molecule has 94 valence electrons. The third-order valence-electron chi connectivity index (χ3n) is 1.99. The summed E-state index contributed by atoms with van der Waals surface area (Å²) < 4.78 is 44.7. The molecule has 3 nitrogen and oxygen atoms in total. The molecule has 0 saturated heterocycles. The molecule has 6 heteroatoms. The van der Waals surface area contributed by atoms with E-state index in [0.717, 1.165) is 12.1 Å². The number of alkyl halides is 3. The number of benzene rings is 1. The van der Waals surface area contributed by atoms with Gasteiger partial charge >= 0.3 is 6.36 Å². The fourth-order valence-corrected chi connectivity index (χ4v) is 1.25. The Bertz CT molecular complexity index is 413. The topological polar surface area (TPSA) is 35.5 Å². The standard InChI is InChI=1S/C11H11F3O3/c1-3-10(15)7-4-8(16-2)6-9(5-7)17-11(12,13)14/h4-6H,3H2,1-2H3. The minimum absolute atomic E-state index is 0.131. The monoisotopic (exact) mass is 248 g/mol. The van der Waals surface area contributed by atoms with Crippen LogP contribution < -0.4 is 9.47 Å². The first kappa shape index (κ1) is 13.3. The van der Waals surface area contributed by atoms with Gasteiger partial charge in [-0.2, -0.15) is 0 Å². The van der Waals surface area contributed by atoms with E-state index in [4.69, 9.17) is 4.74 Å². The maximum atomic E-state index is 12.0. The summed E-state index contributed by atoms with van der Waals surface area (Å²) in [6.07, 6.45) is -4.60. The van der Waals surface area contributed by atoms with Crippen molar-refractivity contribution in [2.45, 2.75) is 19.7 Å². The molecule has 0 radical (unpaired) electrons. The first-order valence-corrected chi connectivity index (χ1v) is 4.83. The molecule has 0 aliphatic carbocycles. The molecule has 1 aromatic carbocycles. The largest absolute Gasteiger partial charge is 0.573 e. The van der Waals surface area contributed by atoms with E-state index in [-0.39, 0.29) is 23.5 Å². The first-order valence-electron chi connectivity index (χ1n) is 4.83. The third kappa shape index (κ3) is 3.97. The fourth-order valence-electron chi connectivity index (χ4n) is 1.25. The number of hydrogen-bond acceptors (Lipinski definition) is 3. The molecule has 17 heavy (non-hydrogen) atoms. The zero-order chi connectivity index (χ0) is 13.1. The molecule has 0 aromatic heterocycles. The lowest BCUT2D eigenvalue weighted by atomic mass is 10.1. The summed E-state index contributed by atoms with van der Waals surface area (Å²) in [6.45, 7) is 1.62. The number of hydrogen-bond donors (Lipinski definition) is 0. The molecule has 0 amide bonds. The molecule has 0 spiro atoms. The highest BCUT2D eigenvalue weighted by molar-refractivity contribution is 5.96. The predicted octanol–water partition coefficient (Wildman–Crippen LogP) is 3.19. The van der Waals surface area contributed by atoms with Crippen molar-refractivity contribution in [2.24, 2.45) is 0 Å². The van der Waals surface area contributed by atoms with Crippen LogP contribution in [0, 0.1) is 0 Å². The molecule has 0 heterocycles. The Hall–Kier alpha value is -1.72. The van der Waals surface area contributed by atoms with E-state index in [0.29, 0.717) is 0 Å². The van der Waals surface area contributed by atoms with Crippen molar-refractivity contribution in [3.63, 3.8) is 0 Å². The van der Waals surface area contributed by atoms with Crippen molar-refractivity contribution >= 4 is 5.78 Å². The SMILES string of the molecule is CCC(=O)c1cc(OC)cc(OC(F)(F)F)c1. The van der Waals surface area contributed by atoms with E-state index in [1.54, 1.807) is 6.92 Å². The van der Waals surface area contributed by atoms with Crippen LogP contribution in [0.4, 0.5) is 13.2 Å². The van der Waals surface area contributed by atoms with Gasteiger partial charge in [-0.3, -0.25) is 4.79 Å². The Balaban J connectivity index is 3.09. The van der Waals surface area contributed by atoms with Crippen molar-refractivity contribution in [1.29, 1.82) is 0 Å². The fraction of sp³-hybridized carbons (Fsp3) is 0.364. The summed E-state index contributed by atoms with van der Waals surface area (Å²) >= 11 is 0. The molecule has 0 N–H and O–H groups in total. The average Bonchev–Trinajstić information content (AvgIpc) is 2.25. The van der Waals surface area contributed by atoms with Crippen molar-refractivity contribution in [3.8, 4) is 11.5 Å². The summed E-state index contributed by atoms with van der Waals surface area (Å²) in [5.41, 5.74) is 0.131. The summed E-state index contributed by atoms with van der Waals surface area (Å²) in [4.78, 5) is 11.4. The maximum Gasteiger partial charge on any atom is 0.573 e. The Morgan fingerprint density at radius 1 is 1.24 bits per heavy atom. The summed E-state index contributed by atoms with van der Waals surface area (Å²) in [6, 6.07) is 3.48. The van der Waals surface area contributed by atoms with Crippen LogP contribution in [0.15, 0.2) is 18.2 Å². The molecule has 0 aliphatic heterocycles. The van der Waals surface area contributed by atoms with Crippen LogP contribution in [0.1, 0.15) is 23.7 Å². The molecular weight excluding hydrogens is 237 g/mol. The van der Waals surface area contributed by atoms with Crippen molar-refractivity contribution < 1.29 is 27.4 Å². The zero-order valence-corrected chi connectivity index (χ0v) is 9.30. The van der Waals surface area contributed by atoms with Gasteiger partial charge in [-0.15, -0.1) is 13.2 Å². The van der Waals surface area contributed by atoms with Crippen LogP contribution in [0.25, 0.3) is 0 Å². The Morgan fingerprint density at radius 2 is 1.82 bits per heavy atom. The molecule has 0 saturated carbocycles.